The highest BCUT2D eigenvalue weighted by Crippen LogP contribution is 2.35. The van der Waals surface area contributed by atoms with Crippen molar-refractivity contribution >= 4 is 16.8 Å². The van der Waals surface area contributed by atoms with Crippen LogP contribution in [0.3, 0.4) is 0 Å². The molecule has 0 aliphatic rings. The summed E-state index contributed by atoms with van der Waals surface area (Å²) in [6.45, 7) is 1.91. The number of amides is 1. The molecule has 0 spiro atoms. The number of fused-ring (bicyclic) bond motifs is 1. The molecule has 1 amide bonds. The number of rotatable bonds is 6. The molecule has 5 heteroatoms. The molecule has 4 aromatic rings. The van der Waals surface area contributed by atoms with E-state index < -0.39 is 17.6 Å². The van der Waals surface area contributed by atoms with Gasteiger partial charge in [0.05, 0.1) is 6.04 Å². The first-order chi connectivity index (χ1) is 14.5. The summed E-state index contributed by atoms with van der Waals surface area (Å²) in [4.78, 5) is 16.1. The van der Waals surface area contributed by atoms with Gasteiger partial charge in [-0.15, -0.1) is 0 Å². The number of halogens is 2. The summed E-state index contributed by atoms with van der Waals surface area (Å²) in [7, 11) is 0. The van der Waals surface area contributed by atoms with Gasteiger partial charge in [-0.05, 0) is 35.7 Å². The van der Waals surface area contributed by atoms with Gasteiger partial charge in [0.1, 0.15) is 11.6 Å². The Morgan fingerprint density at radius 2 is 1.70 bits per heavy atom. The summed E-state index contributed by atoms with van der Waals surface area (Å²) in [5.74, 6) is -2.06. The molecule has 0 saturated heterocycles. The van der Waals surface area contributed by atoms with Gasteiger partial charge in [0, 0.05) is 35.5 Å². The lowest BCUT2D eigenvalue weighted by Crippen LogP contribution is -2.28. The fraction of sp³-hybridized carbons (Fsp3) is 0.160. The highest BCUT2D eigenvalue weighted by atomic mass is 19.1. The maximum atomic E-state index is 14.7. The number of hydrogen-bond donors (Lipinski definition) is 2. The zero-order chi connectivity index (χ0) is 21.1. The van der Waals surface area contributed by atoms with Gasteiger partial charge in [-0.2, -0.15) is 0 Å². The van der Waals surface area contributed by atoms with Crippen LogP contribution in [-0.2, 0) is 4.79 Å². The topological polar surface area (TPSA) is 44.9 Å². The van der Waals surface area contributed by atoms with Crippen molar-refractivity contribution in [3.05, 3.63) is 107 Å². The summed E-state index contributed by atoms with van der Waals surface area (Å²) >= 11 is 0. The van der Waals surface area contributed by atoms with Crippen LogP contribution in [-0.4, -0.2) is 10.9 Å². The highest BCUT2D eigenvalue weighted by molar-refractivity contribution is 5.86. The van der Waals surface area contributed by atoms with Crippen molar-refractivity contribution in [2.45, 2.75) is 25.3 Å². The van der Waals surface area contributed by atoms with E-state index in [1.54, 1.807) is 6.20 Å². The van der Waals surface area contributed by atoms with Crippen LogP contribution in [0.5, 0.6) is 0 Å². The molecule has 1 aromatic heterocycles. The number of carbonyl (C=O) groups is 1. The lowest BCUT2D eigenvalue weighted by molar-refractivity contribution is -0.121. The number of aromatic nitrogens is 1. The standard InChI is InChI=1S/C25H22F2N2O/c1-16(17-7-3-2-4-8-17)29-25(30)14-21(19-12-11-18(26)13-23(19)27)22-15-28-24-10-6-5-9-20(22)24/h2-13,15-16,21,28H,14H2,1H3,(H,29,30). The lowest BCUT2D eigenvalue weighted by atomic mass is 9.87. The Labute approximate surface area is 173 Å². The molecule has 0 radical (unpaired) electrons. The molecule has 0 bridgehead atoms. The van der Waals surface area contributed by atoms with Gasteiger partial charge in [0.15, 0.2) is 0 Å². The average Bonchev–Trinajstić information content (AvgIpc) is 3.17. The van der Waals surface area contributed by atoms with Crippen molar-refractivity contribution in [1.29, 1.82) is 0 Å². The number of hydrogen-bond acceptors (Lipinski definition) is 1. The van der Waals surface area contributed by atoms with E-state index in [2.05, 4.69) is 10.3 Å². The average molecular weight is 404 g/mol. The maximum absolute atomic E-state index is 14.7. The summed E-state index contributed by atoms with van der Waals surface area (Å²) in [6, 6.07) is 20.6. The maximum Gasteiger partial charge on any atom is 0.221 e. The number of aromatic amines is 1. The van der Waals surface area contributed by atoms with E-state index in [1.807, 2.05) is 61.5 Å². The fourth-order valence-corrected chi connectivity index (χ4v) is 3.86. The van der Waals surface area contributed by atoms with Gasteiger partial charge in [0.2, 0.25) is 5.91 Å². The number of nitrogens with one attached hydrogen (secondary N) is 2. The molecule has 3 nitrogen and oxygen atoms in total. The van der Waals surface area contributed by atoms with Gasteiger partial charge in [0.25, 0.3) is 0 Å². The first kappa shape index (κ1) is 19.8. The van der Waals surface area contributed by atoms with E-state index in [0.717, 1.165) is 28.1 Å². The van der Waals surface area contributed by atoms with Crippen LogP contribution >= 0.6 is 0 Å². The molecule has 2 atom stereocenters. The Hall–Kier alpha value is -3.47. The molecule has 2 N–H and O–H groups in total. The molecular weight excluding hydrogens is 382 g/mol. The van der Waals surface area contributed by atoms with Crippen LogP contribution in [0.25, 0.3) is 10.9 Å². The van der Waals surface area contributed by atoms with Gasteiger partial charge in [-0.3, -0.25) is 4.79 Å². The summed E-state index contributed by atoms with van der Waals surface area (Å²) in [5.41, 5.74) is 2.99. The molecule has 0 aliphatic carbocycles. The summed E-state index contributed by atoms with van der Waals surface area (Å²) in [5, 5.41) is 3.90. The van der Waals surface area contributed by atoms with Crippen LogP contribution in [0.1, 0.15) is 42.0 Å². The third-order valence-electron chi connectivity index (χ3n) is 5.40. The van der Waals surface area contributed by atoms with Gasteiger partial charge in [-0.25, -0.2) is 8.78 Å². The molecule has 4 rings (SSSR count). The van der Waals surface area contributed by atoms with E-state index in [0.29, 0.717) is 5.56 Å². The zero-order valence-electron chi connectivity index (χ0n) is 16.5. The van der Waals surface area contributed by atoms with E-state index >= 15 is 0 Å². The Balaban J connectivity index is 1.66. The van der Waals surface area contributed by atoms with Crippen molar-refractivity contribution in [2.75, 3.05) is 0 Å². The second-order valence-electron chi connectivity index (χ2n) is 7.41. The fourth-order valence-electron chi connectivity index (χ4n) is 3.86. The van der Waals surface area contributed by atoms with Crippen LogP contribution in [0, 0.1) is 11.6 Å². The van der Waals surface area contributed by atoms with Gasteiger partial charge >= 0.3 is 0 Å². The molecule has 30 heavy (non-hydrogen) atoms. The van der Waals surface area contributed by atoms with E-state index in [1.165, 1.54) is 12.1 Å². The first-order valence-corrected chi connectivity index (χ1v) is 9.88. The first-order valence-electron chi connectivity index (χ1n) is 9.88. The minimum absolute atomic E-state index is 0.0432. The second kappa shape index (κ2) is 8.49. The third-order valence-corrected chi connectivity index (χ3v) is 5.40. The molecule has 1 heterocycles. The molecule has 0 saturated carbocycles. The number of carbonyl (C=O) groups excluding carboxylic acids is 1. The van der Waals surface area contributed by atoms with Crippen LogP contribution in [0.2, 0.25) is 0 Å². The number of benzene rings is 3. The Morgan fingerprint density at radius 3 is 2.47 bits per heavy atom. The molecule has 152 valence electrons. The smallest absolute Gasteiger partial charge is 0.221 e. The van der Waals surface area contributed by atoms with E-state index in [-0.39, 0.29) is 18.4 Å². The van der Waals surface area contributed by atoms with Crippen molar-refractivity contribution in [2.24, 2.45) is 0 Å². The Bertz CT molecular complexity index is 1170. The van der Waals surface area contributed by atoms with Crippen LogP contribution < -0.4 is 5.32 Å². The predicted molar refractivity (Wildman–Crippen MR) is 114 cm³/mol. The van der Waals surface area contributed by atoms with E-state index in [9.17, 15) is 13.6 Å². The molecule has 3 aromatic carbocycles. The lowest BCUT2D eigenvalue weighted by Gasteiger charge is -2.20. The molecule has 0 fully saturated rings. The van der Waals surface area contributed by atoms with Crippen molar-refractivity contribution in [3.8, 4) is 0 Å². The number of para-hydroxylation sites is 1. The Kier molecular flexibility index (Phi) is 5.61. The van der Waals surface area contributed by atoms with Crippen LogP contribution in [0.4, 0.5) is 8.78 Å². The minimum Gasteiger partial charge on any atom is -0.361 e. The van der Waals surface area contributed by atoms with Crippen molar-refractivity contribution in [3.63, 3.8) is 0 Å². The SMILES string of the molecule is CC(NC(=O)CC(c1ccc(F)cc1F)c1c[nH]c2ccccc12)c1ccccc1. The monoisotopic (exact) mass is 404 g/mol. The number of H-pyrrole nitrogens is 1. The summed E-state index contributed by atoms with van der Waals surface area (Å²) < 4.78 is 28.2. The van der Waals surface area contributed by atoms with E-state index in [4.69, 9.17) is 0 Å². The molecule has 0 aliphatic heterocycles. The van der Waals surface area contributed by atoms with Crippen molar-refractivity contribution in [1.82, 2.24) is 10.3 Å². The molecular formula is C25H22F2N2O. The molecule has 2 unspecified atom stereocenters. The normalized spacial score (nSPS) is 13.2. The third kappa shape index (κ3) is 4.10. The second-order valence-corrected chi connectivity index (χ2v) is 7.41. The Morgan fingerprint density at radius 1 is 0.967 bits per heavy atom. The van der Waals surface area contributed by atoms with Gasteiger partial charge < -0.3 is 10.3 Å². The highest BCUT2D eigenvalue weighted by Gasteiger charge is 2.25. The van der Waals surface area contributed by atoms with Gasteiger partial charge in [-0.1, -0.05) is 54.6 Å². The zero-order valence-corrected chi connectivity index (χ0v) is 16.5. The van der Waals surface area contributed by atoms with Crippen LogP contribution in [0.15, 0.2) is 79.0 Å². The quantitative estimate of drug-likeness (QED) is 0.416. The van der Waals surface area contributed by atoms with Crippen molar-refractivity contribution < 1.29 is 13.6 Å². The largest absolute Gasteiger partial charge is 0.361 e. The summed E-state index contributed by atoms with van der Waals surface area (Å²) in [6.07, 6.45) is 1.84. The predicted octanol–water partition coefficient (Wildman–Crippen LogP) is 5.85. The minimum atomic E-state index is -0.658.